The summed E-state index contributed by atoms with van der Waals surface area (Å²) in [5.41, 5.74) is 0.929. The number of ether oxygens (including phenoxy) is 1. The highest BCUT2D eigenvalue weighted by Gasteiger charge is 2.09. The minimum Gasteiger partial charge on any atom is -0.370 e. The summed E-state index contributed by atoms with van der Waals surface area (Å²) in [5.74, 6) is 1.45. The smallest absolute Gasteiger partial charge is 0.162 e. The summed E-state index contributed by atoms with van der Waals surface area (Å²) in [5, 5.41) is 7.31. The van der Waals surface area contributed by atoms with Gasteiger partial charge in [0.15, 0.2) is 5.76 Å². The van der Waals surface area contributed by atoms with Gasteiger partial charge in [-0.2, -0.15) is 0 Å². The van der Waals surface area contributed by atoms with Gasteiger partial charge < -0.3 is 14.6 Å². The van der Waals surface area contributed by atoms with Gasteiger partial charge in [0.25, 0.3) is 0 Å². The first-order valence-electron chi connectivity index (χ1n) is 6.76. The average Bonchev–Trinajstić information content (AvgIpc) is 2.70. The Balaban J connectivity index is 2.30. The molecule has 1 heterocycles. The number of aromatic nitrogens is 1. The number of nitrogens with one attached hydrogen (secondary N) is 1. The maximum absolute atomic E-state index is 5.72. The average molecular weight is 254 g/mol. The van der Waals surface area contributed by atoms with Crippen LogP contribution in [0.15, 0.2) is 10.6 Å². The van der Waals surface area contributed by atoms with Gasteiger partial charge >= 0.3 is 0 Å². The standard InChI is InChI=1S/C14H26N2O2/c1-10(2)6-12(5)17-9-14-7-13(16-18-14)8-15-11(3)4/h7,10-12,15H,6,8-9H2,1-5H3. The van der Waals surface area contributed by atoms with Crippen LogP contribution in [0.25, 0.3) is 0 Å². The first kappa shape index (κ1) is 15.2. The highest BCUT2D eigenvalue weighted by atomic mass is 16.5. The molecule has 4 heteroatoms. The second kappa shape index (κ2) is 7.54. The third-order valence-electron chi connectivity index (χ3n) is 2.61. The van der Waals surface area contributed by atoms with Gasteiger partial charge in [-0.3, -0.25) is 0 Å². The Morgan fingerprint density at radius 2 is 2.00 bits per heavy atom. The predicted molar refractivity (Wildman–Crippen MR) is 72.2 cm³/mol. The number of rotatable bonds is 8. The minimum atomic E-state index is 0.257. The first-order chi connectivity index (χ1) is 8.47. The number of hydrogen-bond donors (Lipinski definition) is 1. The molecule has 1 atom stereocenters. The lowest BCUT2D eigenvalue weighted by atomic mass is 10.1. The monoisotopic (exact) mass is 254 g/mol. The quantitative estimate of drug-likeness (QED) is 0.774. The van der Waals surface area contributed by atoms with Gasteiger partial charge in [0.2, 0.25) is 0 Å². The van der Waals surface area contributed by atoms with E-state index in [0.29, 0.717) is 18.6 Å². The maximum atomic E-state index is 5.72. The van der Waals surface area contributed by atoms with Gasteiger partial charge in [0.05, 0.1) is 11.8 Å². The summed E-state index contributed by atoms with van der Waals surface area (Å²) < 4.78 is 11.0. The van der Waals surface area contributed by atoms with Crippen molar-refractivity contribution in [2.45, 2.75) is 66.3 Å². The summed E-state index contributed by atoms with van der Waals surface area (Å²) in [6, 6.07) is 2.41. The molecule has 1 rings (SSSR count). The van der Waals surface area contributed by atoms with E-state index in [-0.39, 0.29) is 6.10 Å². The Morgan fingerprint density at radius 1 is 1.28 bits per heavy atom. The molecule has 18 heavy (non-hydrogen) atoms. The van der Waals surface area contributed by atoms with E-state index in [1.807, 2.05) is 6.07 Å². The van der Waals surface area contributed by atoms with Crippen LogP contribution >= 0.6 is 0 Å². The Hall–Kier alpha value is -0.870. The van der Waals surface area contributed by atoms with Crippen LogP contribution in [0.4, 0.5) is 0 Å². The minimum absolute atomic E-state index is 0.257. The Morgan fingerprint density at radius 3 is 2.61 bits per heavy atom. The zero-order valence-corrected chi connectivity index (χ0v) is 12.2. The van der Waals surface area contributed by atoms with Gasteiger partial charge in [-0.25, -0.2) is 0 Å². The van der Waals surface area contributed by atoms with E-state index in [0.717, 1.165) is 24.4 Å². The van der Waals surface area contributed by atoms with E-state index in [4.69, 9.17) is 9.26 Å². The molecule has 0 bridgehead atoms. The van der Waals surface area contributed by atoms with Gasteiger partial charge in [-0.05, 0) is 19.3 Å². The summed E-state index contributed by atoms with van der Waals surface area (Å²) in [4.78, 5) is 0. The molecule has 4 nitrogen and oxygen atoms in total. The van der Waals surface area contributed by atoms with Gasteiger partial charge in [0.1, 0.15) is 6.61 Å². The van der Waals surface area contributed by atoms with Crippen molar-refractivity contribution in [3.05, 3.63) is 17.5 Å². The number of hydrogen-bond acceptors (Lipinski definition) is 4. The second-order valence-corrected chi connectivity index (χ2v) is 5.57. The fourth-order valence-electron chi connectivity index (χ4n) is 1.77. The molecule has 1 aromatic heterocycles. The van der Waals surface area contributed by atoms with Crippen LogP contribution in [0.3, 0.4) is 0 Å². The largest absolute Gasteiger partial charge is 0.370 e. The molecule has 0 saturated heterocycles. The summed E-state index contributed by atoms with van der Waals surface area (Å²) in [6.07, 6.45) is 1.32. The van der Waals surface area contributed by atoms with E-state index in [9.17, 15) is 0 Å². The Kier molecular flexibility index (Phi) is 6.36. The molecule has 1 N–H and O–H groups in total. The van der Waals surface area contributed by atoms with Crippen molar-refractivity contribution in [3.63, 3.8) is 0 Å². The van der Waals surface area contributed by atoms with Crippen LogP contribution in [0.1, 0.15) is 52.5 Å². The predicted octanol–water partition coefficient (Wildman–Crippen LogP) is 3.12. The zero-order chi connectivity index (χ0) is 13.5. The second-order valence-electron chi connectivity index (χ2n) is 5.57. The molecule has 0 radical (unpaired) electrons. The van der Waals surface area contributed by atoms with E-state index in [1.165, 1.54) is 0 Å². The molecule has 104 valence electrons. The van der Waals surface area contributed by atoms with Crippen molar-refractivity contribution in [1.29, 1.82) is 0 Å². The van der Waals surface area contributed by atoms with Crippen LogP contribution in [-0.2, 0) is 17.9 Å². The SMILES string of the molecule is CC(C)CC(C)OCc1cc(CNC(C)C)no1. The van der Waals surface area contributed by atoms with Crippen LogP contribution < -0.4 is 5.32 Å². The van der Waals surface area contributed by atoms with Crippen molar-refractivity contribution < 1.29 is 9.26 Å². The van der Waals surface area contributed by atoms with Gasteiger partial charge in [-0.1, -0.05) is 32.9 Å². The summed E-state index contributed by atoms with van der Waals surface area (Å²) in [6.45, 7) is 12.0. The lowest BCUT2D eigenvalue weighted by molar-refractivity contribution is 0.0277. The van der Waals surface area contributed by atoms with Crippen LogP contribution in [-0.4, -0.2) is 17.3 Å². The summed E-state index contributed by atoms with van der Waals surface area (Å²) >= 11 is 0. The molecule has 1 unspecified atom stereocenters. The molecule has 0 spiro atoms. The molecule has 0 saturated carbocycles. The van der Waals surface area contributed by atoms with Crippen molar-refractivity contribution in [3.8, 4) is 0 Å². The molecule has 0 aliphatic rings. The van der Waals surface area contributed by atoms with E-state index in [2.05, 4.69) is 45.1 Å². The highest BCUT2D eigenvalue weighted by molar-refractivity contribution is 5.04. The molecule has 0 amide bonds. The normalized spacial score (nSPS) is 13.5. The van der Waals surface area contributed by atoms with Crippen molar-refractivity contribution in [1.82, 2.24) is 10.5 Å². The lowest BCUT2D eigenvalue weighted by Gasteiger charge is -2.13. The van der Waals surface area contributed by atoms with Crippen LogP contribution in [0.5, 0.6) is 0 Å². The van der Waals surface area contributed by atoms with E-state index in [1.54, 1.807) is 0 Å². The Labute approximate surface area is 110 Å². The molecular weight excluding hydrogens is 228 g/mol. The van der Waals surface area contributed by atoms with Crippen molar-refractivity contribution in [2.24, 2.45) is 5.92 Å². The van der Waals surface area contributed by atoms with Crippen LogP contribution in [0, 0.1) is 5.92 Å². The fourth-order valence-corrected chi connectivity index (χ4v) is 1.77. The van der Waals surface area contributed by atoms with E-state index >= 15 is 0 Å². The molecule has 1 aromatic rings. The van der Waals surface area contributed by atoms with Gasteiger partial charge in [0, 0.05) is 18.7 Å². The highest BCUT2D eigenvalue weighted by Crippen LogP contribution is 2.11. The van der Waals surface area contributed by atoms with Crippen LogP contribution in [0.2, 0.25) is 0 Å². The molecule has 0 fully saturated rings. The lowest BCUT2D eigenvalue weighted by Crippen LogP contribution is -2.21. The molecule has 0 aliphatic carbocycles. The third-order valence-corrected chi connectivity index (χ3v) is 2.61. The fraction of sp³-hybridized carbons (Fsp3) is 0.786. The first-order valence-corrected chi connectivity index (χ1v) is 6.76. The van der Waals surface area contributed by atoms with Crippen molar-refractivity contribution >= 4 is 0 Å². The zero-order valence-electron chi connectivity index (χ0n) is 12.2. The van der Waals surface area contributed by atoms with Gasteiger partial charge in [-0.15, -0.1) is 0 Å². The Bertz CT molecular complexity index is 334. The summed E-state index contributed by atoms with van der Waals surface area (Å²) in [7, 11) is 0. The third kappa shape index (κ3) is 6.17. The maximum Gasteiger partial charge on any atom is 0.162 e. The molecule has 0 aromatic carbocycles. The molecular formula is C14H26N2O2. The molecule has 0 aliphatic heterocycles. The van der Waals surface area contributed by atoms with Crippen molar-refractivity contribution in [2.75, 3.05) is 0 Å². The number of nitrogens with zero attached hydrogens (tertiary/aromatic N) is 1. The topological polar surface area (TPSA) is 47.3 Å². The van der Waals surface area contributed by atoms with E-state index < -0.39 is 0 Å².